The molecule has 0 saturated heterocycles. The van der Waals surface area contributed by atoms with Crippen molar-refractivity contribution in [3.63, 3.8) is 0 Å². The van der Waals surface area contributed by atoms with E-state index < -0.39 is 12.2 Å². The van der Waals surface area contributed by atoms with Crippen molar-refractivity contribution in [3.8, 4) is 11.5 Å². The van der Waals surface area contributed by atoms with E-state index in [-0.39, 0.29) is 24.8 Å². The largest absolute Gasteiger partial charge is 0.488 e. The number of fused-ring (bicyclic) bond motifs is 2. The number of para-hydroxylation sites is 2. The second-order valence-electron chi connectivity index (χ2n) is 8.61. The molecular formula is C28H24N2O6. The Morgan fingerprint density at radius 3 is 2.47 bits per heavy atom. The van der Waals surface area contributed by atoms with E-state index >= 15 is 0 Å². The van der Waals surface area contributed by atoms with Gasteiger partial charge in [-0.3, -0.25) is 23.9 Å². The molecule has 1 aliphatic rings. The lowest BCUT2D eigenvalue weighted by Gasteiger charge is -2.22. The molecule has 0 spiro atoms. The number of anilines is 1. The van der Waals surface area contributed by atoms with Crippen molar-refractivity contribution >= 4 is 34.4 Å². The molecule has 1 N–H and O–H groups in total. The van der Waals surface area contributed by atoms with Gasteiger partial charge in [-0.1, -0.05) is 24.3 Å². The smallest absolute Gasteiger partial charge is 0.307 e. The van der Waals surface area contributed by atoms with Gasteiger partial charge in [0, 0.05) is 23.6 Å². The first kappa shape index (κ1) is 23.2. The molecule has 0 aliphatic carbocycles. The number of carboxylic acid groups (broad SMARTS) is 1. The van der Waals surface area contributed by atoms with E-state index in [2.05, 4.69) is 0 Å². The van der Waals surface area contributed by atoms with Gasteiger partial charge < -0.3 is 14.6 Å². The summed E-state index contributed by atoms with van der Waals surface area (Å²) < 4.78 is 13.4. The van der Waals surface area contributed by atoms with E-state index in [1.165, 1.54) is 6.92 Å². The maximum Gasteiger partial charge on any atom is 0.307 e. The van der Waals surface area contributed by atoms with Crippen molar-refractivity contribution in [1.82, 2.24) is 4.57 Å². The number of rotatable bonds is 6. The summed E-state index contributed by atoms with van der Waals surface area (Å²) in [6.45, 7) is 3.42. The van der Waals surface area contributed by atoms with Crippen molar-refractivity contribution < 1.29 is 29.0 Å². The minimum absolute atomic E-state index is 0.113. The van der Waals surface area contributed by atoms with Gasteiger partial charge in [0.15, 0.2) is 0 Å². The first-order valence-electron chi connectivity index (χ1n) is 11.5. The molecule has 0 fully saturated rings. The second kappa shape index (κ2) is 9.22. The zero-order valence-electron chi connectivity index (χ0n) is 19.8. The Labute approximate surface area is 207 Å². The average Bonchev–Trinajstić information content (AvgIpc) is 3.40. The van der Waals surface area contributed by atoms with Gasteiger partial charge in [0.2, 0.25) is 12.1 Å². The molecule has 4 aromatic rings. The van der Waals surface area contributed by atoms with Crippen LogP contribution >= 0.6 is 0 Å². The summed E-state index contributed by atoms with van der Waals surface area (Å²) >= 11 is 0. The Bertz CT molecular complexity index is 1490. The van der Waals surface area contributed by atoms with E-state index in [0.717, 1.165) is 11.1 Å². The number of carboxylic acids is 1. The Balaban J connectivity index is 1.32. The van der Waals surface area contributed by atoms with Gasteiger partial charge in [0.05, 0.1) is 17.6 Å². The molecule has 1 amide bonds. The van der Waals surface area contributed by atoms with Crippen LogP contribution in [0.3, 0.4) is 0 Å². The standard InChI is InChI=1S/C28H24N2O6/c1-17-14-22-20(15-27(32)33)6-5-8-23(22)29(17)28(34)19-10-12-21(13-11-19)35-16-26-30(18(2)31)24-7-3-4-9-25(24)36-26/h3-14,26H,15-16H2,1-2H3,(H,32,33). The maximum atomic E-state index is 13.3. The number of benzene rings is 3. The van der Waals surface area contributed by atoms with Crippen molar-refractivity contribution in [2.45, 2.75) is 26.5 Å². The van der Waals surface area contributed by atoms with Crippen LogP contribution in [0.4, 0.5) is 5.69 Å². The molecule has 8 nitrogen and oxygen atoms in total. The molecule has 36 heavy (non-hydrogen) atoms. The lowest BCUT2D eigenvalue weighted by atomic mass is 10.1. The van der Waals surface area contributed by atoms with Crippen LogP contribution in [0.2, 0.25) is 0 Å². The minimum atomic E-state index is -0.923. The molecule has 1 unspecified atom stereocenters. The van der Waals surface area contributed by atoms with Crippen LogP contribution in [0.25, 0.3) is 10.9 Å². The van der Waals surface area contributed by atoms with Gasteiger partial charge in [0.1, 0.15) is 18.1 Å². The fraction of sp³-hybridized carbons (Fsp3) is 0.179. The van der Waals surface area contributed by atoms with Crippen molar-refractivity contribution in [1.29, 1.82) is 0 Å². The SMILES string of the molecule is CC(=O)N1c2ccccc2OC1COc1ccc(C(=O)n2c(C)cc3c(CC(=O)O)cccc32)cc1. The summed E-state index contributed by atoms with van der Waals surface area (Å²) in [5.74, 6) is -0.127. The van der Waals surface area contributed by atoms with Crippen molar-refractivity contribution in [2.24, 2.45) is 0 Å². The normalized spacial score (nSPS) is 14.4. The van der Waals surface area contributed by atoms with Crippen LogP contribution in [0.1, 0.15) is 28.5 Å². The third-order valence-corrected chi connectivity index (χ3v) is 6.17. The monoisotopic (exact) mass is 484 g/mol. The van der Waals surface area contributed by atoms with E-state index in [1.807, 2.05) is 43.3 Å². The van der Waals surface area contributed by atoms with Crippen LogP contribution < -0.4 is 14.4 Å². The quantitative estimate of drug-likeness (QED) is 0.435. The zero-order chi connectivity index (χ0) is 25.4. The number of hydrogen-bond acceptors (Lipinski definition) is 5. The van der Waals surface area contributed by atoms with Gasteiger partial charge in [0.25, 0.3) is 5.91 Å². The topological polar surface area (TPSA) is 98.1 Å². The Kier molecular flexibility index (Phi) is 5.93. The van der Waals surface area contributed by atoms with E-state index in [1.54, 1.807) is 45.9 Å². The summed E-state index contributed by atoms with van der Waals surface area (Å²) in [4.78, 5) is 38.3. The molecule has 3 aromatic carbocycles. The number of carbonyl (C=O) groups excluding carboxylic acids is 2. The van der Waals surface area contributed by atoms with E-state index in [4.69, 9.17) is 9.47 Å². The summed E-state index contributed by atoms with van der Waals surface area (Å²) in [7, 11) is 0. The highest BCUT2D eigenvalue weighted by Gasteiger charge is 2.34. The highest BCUT2D eigenvalue weighted by Crippen LogP contribution is 2.37. The number of hydrogen-bond donors (Lipinski definition) is 1. The van der Waals surface area contributed by atoms with E-state index in [0.29, 0.717) is 33.8 Å². The number of carbonyl (C=O) groups is 3. The first-order valence-corrected chi connectivity index (χ1v) is 11.5. The molecule has 0 bridgehead atoms. The molecule has 1 atom stereocenters. The van der Waals surface area contributed by atoms with Crippen molar-refractivity contribution in [2.75, 3.05) is 11.5 Å². The first-order chi connectivity index (χ1) is 17.3. The average molecular weight is 485 g/mol. The number of amides is 1. The van der Waals surface area contributed by atoms with Crippen molar-refractivity contribution in [3.05, 3.63) is 89.6 Å². The summed E-state index contributed by atoms with van der Waals surface area (Å²) in [6, 6.07) is 21.2. The van der Waals surface area contributed by atoms with Gasteiger partial charge in [-0.05, 0) is 61.0 Å². The van der Waals surface area contributed by atoms with E-state index in [9.17, 15) is 19.5 Å². The molecule has 0 radical (unpaired) electrons. The van der Waals surface area contributed by atoms with Crippen LogP contribution in [0.15, 0.2) is 72.8 Å². The molecule has 8 heteroatoms. The number of aromatic nitrogens is 1. The molecule has 0 saturated carbocycles. The molecule has 1 aromatic heterocycles. The van der Waals surface area contributed by atoms with Crippen LogP contribution in [-0.4, -0.2) is 40.3 Å². The Morgan fingerprint density at radius 2 is 1.75 bits per heavy atom. The summed E-state index contributed by atoms with van der Waals surface area (Å²) in [5, 5.41) is 9.95. The molecule has 5 rings (SSSR count). The highest BCUT2D eigenvalue weighted by molar-refractivity contribution is 6.04. The number of aliphatic carboxylic acids is 1. The van der Waals surface area contributed by atoms with Crippen LogP contribution in [0, 0.1) is 6.92 Å². The third kappa shape index (κ3) is 4.17. The van der Waals surface area contributed by atoms with Gasteiger partial charge in [-0.2, -0.15) is 0 Å². The predicted molar refractivity (Wildman–Crippen MR) is 134 cm³/mol. The highest BCUT2D eigenvalue weighted by atomic mass is 16.6. The molecule has 2 heterocycles. The maximum absolute atomic E-state index is 13.3. The molecular weight excluding hydrogens is 460 g/mol. The Hall–Kier alpha value is -4.59. The van der Waals surface area contributed by atoms with Crippen LogP contribution in [-0.2, 0) is 16.0 Å². The summed E-state index contributed by atoms with van der Waals surface area (Å²) in [6.07, 6.45) is -0.701. The zero-order valence-corrected chi connectivity index (χ0v) is 19.8. The molecule has 1 aliphatic heterocycles. The van der Waals surface area contributed by atoms with Gasteiger partial charge >= 0.3 is 5.97 Å². The summed E-state index contributed by atoms with van der Waals surface area (Å²) in [5.41, 5.74) is 3.21. The van der Waals surface area contributed by atoms with Crippen LogP contribution in [0.5, 0.6) is 11.5 Å². The van der Waals surface area contributed by atoms with Gasteiger partial charge in [-0.25, -0.2) is 0 Å². The predicted octanol–water partition coefficient (Wildman–Crippen LogP) is 4.42. The Morgan fingerprint density at radius 1 is 1.00 bits per heavy atom. The lowest BCUT2D eigenvalue weighted by Crippen LogP contribution is -2.42. The second-order valence-corrected chi connectivity index (χ2v) is 8.61. The number of aryl methyl sites for hydroxylation is 1. The number of ether oxygens (including phenoxy) is 2. The van der Waals surface area contributed by atoms with Gasteiger partial charge in [-0.15, -0.1) is 0 Å². The fourth-order valence-corrected chi connectivity index (χ4v) is 4.59. The fourth-order valence-electron chi connectivity index (χ4n) is 4.59. The third-order valence-electron chi connectivity index (χ3n) is 6.17. The lowest BCUT2D eigenvalue weighted by molar-refractivity contribution is -0.136. The minimum Gasteiger partial charge on any atom is -0.488 e. The number of nitrogens with zero attached hydrogens (tertiary/aromatic N) is 2. The molecule has 182 valence electrons.